The third-order valence-corrected chi connectivity index (χ3v) is 4.81. The molecule has 29 heavy (non-hydrogen) atoms. The Morgan fingerprint density at radius 2 is 1.79 bits per heavy atom. The third-order valence-electron chi connectivity index (χ3n) is 4.81. The summed E-state index contributed by atoms with van der Waals surface area (Å²) in [5.41, 5.74) is 5.39. The van der Waals surface area contributed by atoms with Gasteiger partial charge in [-0.15, -0.1) is 12.4 Å². The largest absolute Gasteiger partial charge is 0.384 e. The summed E-state index contributed by atoms with van der Waals surface area (Å²) in [7, 11) is 1.46. The first-order valence-electron chi connectivity index (χ1n) is 9.16. The number of hydrogen-bond donors (Lipinski definition) is 1. The molecule has 3 rings (SSSR count). The van der Waals surface area contributed by atoms with E-state index in [1.165, 1.54) is 13.1 Å². The Morgan fingerprint density at radius 1 is 1.14 bits per heavy atom. The molecule has 1 fully saturated rings. The summed E-state index contributed by atoms with van der Waals surface area (Å²) in [4.78, 5) is 40.1. The summed E-state index contributed by atoms with van der Waals surface area (Å²) >= 11 is 0. The van der Waals surface area contributed by atoms with E-state index in [0.29, 0.717) is 19.8 Å². The fourth-order valence-corrected chi connectivity index (χ4v) is 3.10. The maximum absolute atomic E-state index is 12.9. The molecular weight excluding hydrogens is 396 g/mol. The van der Waals surface area contributed by atoms with Gasteiger partial charge in [0.25, 0.3) is 5.56 Å². The molecule has 0 aliphatic carbocycles. The highest BCUT2D eigenvalue weighted by Crippen LogP contribution is 2.08. The lowest BCUT2D eigenvalue weighted by atomic mass is 10.1. The molecule has 0 spiro atoms. The Bertz CT molecular complexity index is 992. The van der Waals surface area contributed by atoms with E-state index < -0.39 is 17.0 Å². The predicted molar refractivity (Wildman–Crippen MR) is 115 cm³/mol. The van der Waals surface area contributed by atoms with Crippen molar-refractivity contribution < 1.29 is 9.53 Å². The van der Waals surface area contributed by atoms with Crippen molar-refractivity contribution in [1.29, 1.82) is 0 Å². The molecule has 2 aromatic rings. The summed E-state index contributed by atoms with van der Waals surface area (Å²) in [6.07, 6.45) is 2.92. The second-order valence-corrected chi connectivity index (χ2v) is 6.62. The molecule has 1 aromatic carbocycles. The van der Waals surface area contributed by atoms with Crippen molar-refractivity contribution >= 4 is 30.1 Å². The van der Waals surface area contributed by atoms with Gasteiger partial charge in [0.05, 0.1) is 13.2 Å². The van der Waals surface area contributed by atoms with Crippen LogP contribution in [0.4, 0.5) is 5.82 Å². The average Bonchev–Trinajstić information content (AvgIpc) is 2.72. The number of carbonyl (C=O) groups is 1. The van der Waals surface area contributed by atoms with Gasteiger partial charge in [-0.2, -0.15) is 0 Å². The highest BCUT2D eigenvalue weighted by molar-refractivity contribution is 6.09. The average molecular weight is 421 g/mol. The van der Waals surface area contributed by atoms with E-state index in [9.17, 15) is 14.4 Å². The Morgan fingerprint density at radius 3 is 2.45 bits per heavy atom. The molecule has 1 aromatic heterocycles. The van der Waals surface area contributed by atoms with Gasteiger partial charge in [0.2, 0.25) is 0 Å². The molecule has 9 heteroatoms. The highest BCUT2D eigenvalue weighted by Gasteiger charge is 2.20. The fraction of sp³-hybridized carbons (Fsp3) is 0.350. The van der Waals surface area contributed by atoms with Gasteiger partial charge in [0.1, 0.15) is 11.4 Å². The number of nitrogens with two attached hydrogens (primary N) is 1. The van der Waals surface area contributed by atoms with Crippen LogP contribution in [-0.2, 0) is 18.3 Å². The standard InChI is InChI=1S/C20H24N4O4.ClH/c1-22-18(21)17(16(25)8-7-15-5-3-2-4-6-15)19(26)24(20(22)27)10-9-23-11-13-28-14-12-23;/h2-8H,9-14,21H2,1H3;1H/b8-7+;. The smallest absolute Gasteiger partial charge is 0.332 e. The molecule has 0 amide bonds. The van der Waals surface area contributed by atoms with E-state index in [1.807, 2.05) is 30.3 Å². The number of nitrogen functional groups attached to an aromatic ring is 1. The first kappa shape index (κ1) is 22.6. The van der Waals surface area contributed by atoms with Crippen LogP contribution in [0.15, 0.2) is 46.0 Å². The van der Waals surface area contributed by atoms with Crippen LogP contribution in [0.2, 0.25) is 0 Å². The van der Waals surface area contributed by atoms with Crippen molar-refractivity contribution in [3.05, 3.63) is 68.4 Å². The zero-order chi connectivity index (χ0) is 20.1. The Hall–Kier alpha value is -2.68. The summed E-state index contributed by atoms with van der Waals surface area (Å²) in [5.74, 6) is -0.651. The molecule has 1 aliphatic rings. The summed E-state index contributed by atoms with van der Waals surface area (Å²) < 4.78 is 7.53. The van der Waals surface area contributed by atoms with E-state index >= 15 is 0 Å². The molecule has 0 bridgehead atoms. The number of halogens is 1. The van der Waals surface area contributed by atoms with Gasteiger partial charge in [-0.05, 0) is 11.6 Å². The number of hydrogen-bond acceptors (Lipinski definition) is 6. The lowest BCUT2D eigenvalue weighted by molar-refractivity contribution is 0.0361. The molecular formula is C20H25ClN4O4. The van der Waals surface area contributed by atoms with Gasteiger partial charge in [0, 0.05) is 33.2 Å². The van der Waals surface area contributed by atoms with E-state index in [4.69, 9.17) is 10.5 Å². The Balaban J connectivity index is 0.00000300. The fourth-order valence-electron chi connectivity index (χ4n) is 3.10. The van der Waals surface area contributed by atoms with Gasteiger partial charge in [-0.1, -0.05) is 36.4 Å². The van der Waals surface area contributed by atoms with Gasteiger partial charge < -0.3 is 10.5 Å². The second kappa shape index (κ2) is 10.2. The lowest BCUT2D eigenvalue weighted by Crippen LogP contribution is -2.46. The van der Waals surface area contributed by atoms with Gasteiger partial charge in [-0.3, -0.25) is 23.6 Å². The van der Waals surface area contributed by atoms with E-state index in [1.54, 1.807) is 6.08 Å². The molecule has 0 atom stereocenters. The lowest BCUT2D eigenvalue weighted by Gasteiger charge is -2.26. The third kappa shape index (κ3) is 5.23. The molecule has 1 saturated heterocycles. The number of ether oxygens (including phenoxy) is 1. The number of aromatic nitrogens is 2. The Kier molecular flexibility index (Phi) is 7.95. The van der Waals surface area contributed by atoms with Crippen molar-refractivity contribution in [3.63, 3.8) is 0 Å². The normalized spacial score (nSPS) is 14.7. The topological polar surface area (TPSA) is 99.6 Å². The van der Waals surface area contributed by atoms with Crippen molar-refractivity contribution in [2.24, 2.45) is 7.05 Å². The van der Waals surface area contributed by atoms with E-state index in [2.05, 4.69) is 4.90 Å². The SMILES string of the molecule is Cl.Cn1c(N)c(C(=O)/C=C/c2ccccc2)c(=O)n(CCN2CCOCC2)c1=O. The van der Waals surface area contributed by atoms with Crippen LogP contribution in [0.5, 0.6) is 0 Å². The number of nitrogens with zero attached hydrogens (tertiary/aromatic N) is 3. The van der Waals surface area contributed by atoms with Gasteiger partial charge in [0.15, 0.2) is 5.78 Å². The van der Waals surface area contributed by atoms with E-state index in [0.717, 1.165) is 27.8 Å². The highest BCUT2D eigenvalue weighted by atomic mass is 35.5. The Labute approximate surface area is 174 Å². The predicted octanol–water partition coefficient (Wildman–Crippen LogP) is 0.779. The number of carbonyl (C=O) groups excluding carboxylic acids is 1. The molecule has 0 radical (unpaired) electrons. The molecule has 1 aliphatic heterocycles. The van der Waals surface area contributed by atoms with Gasteiger partial charge in [-0.25, -0.2) is 4.79 Å². The number of ketones is 1. The second-order valence-electron chi connectivity index (χ2n) is 6.62. The minimum atomic E-state index is -0.656. The first-order chi connectivity index (χ1) is 13.5. The molecule has 2 N–H and O–H groups in total. The number of morpholine rings is 1. The molecule has 0 unspecified atom stereocenters. The summed E-state index contributed by atoms with van der Waals surface area (Å²) in [5, 5.41) is 0. The van der Waals surface area contributed by atoms with Crippen molar-refractivity contribution in [3.8, 4) is 0 Å². The van der Waals surface area contributed by atoms with Crippen molar-refractivity contribution in [2.45, 2.75) is 6.54 Å². The minimum absolute atomic E-state index is 0. The van der Waals surface area contributed by atoms with Crippen LogP contribution in [0.25, 0.3) is 6.08 Å². The first-order valence-corrected chi connectivity index (χ1v) is 9.16. The molecule has 8 nitrogen and oxygen atoms in total. The van der Waals surface area contributed by atoms with Crippen LogP contribution >= 0.6 is 12.4 Å². The van der Waals surface area contributed by atoms with Crippen LogP contribution in [0.1, 0.15) is 15.9 Å². The number of allylic oxidation sites excluding steroid dienone is 1. The molecule has 2 heterocycles. The minimum Gasteiger partial charge on any atom is -0.384 e. The number of anilines is 1. The van der Waals surface area contributed by atoms with Gasteiger partial charge >= 0.3 is 5.69 Å². The molecule has 156 valence electrons. The quantitative estimate of drug-likeness (QED) is 0.547. The number of rotatable bonds is 6. The zero-order valence-electron chi connectivity index (χ0n) is 16.2. The van der Waals surface area contributed by atoms with Crippen LogP contribution in [0.3, 0.4) is 0 Å². The maximum atomic E-state index is 12.9. The molecule has 0 saturated carbocycles. The summed E-state index contributed by atoms with van der Waals surface area (Å²) in [6, 6.07) is 9.26. The zero-order valence-corrected chi connectivity index (χ0v) is 17.1. The van der Waals surface area contributed by atoms with Crippen LogP contribution in [-0.4, -0.2) is 52.7 Å². The van der Waals surface area contributed by atoms with Crippen LogP contribution < -0.4 is 17.0 Å². The van der Waals surface area contributed by atoms with Crippen molar-refractivity contribution in [1.82, 2.24) is 14.0 Å². The number of benzene rings is 1. The van der Waals surface area contributed by atoms with Crippen LogP contribution in [0, 0.1) is 0 Å². The van der Waals surface area contributed by atoms with Crippen molar-refractivity contribution in [2.75, 3.05) is 38.6 Å². The summed E-state index contributed by atoms with van der Waals surface area (Å²) in [6.45, 7) is 3.46. The van der Waals surface area contributed by atoms with E-state index in [-0.39, 0.29) is 30.3 Å². The maximum Gasteiger partial charge on any atom is 0.332 e. The monoisotopic (exact) mass is 420 g/mol.